The Morgan fingerprint density at radius 1 is 1.06 bits per heavy atom. The van der Waals surface area contributed by atoms with Crippen LogP contribution in [0.15, 0.2) is 23.3 Å². The first-order chi connectivity index (χ1) is 15.7. The number of carbonyl (C=O) groups is 1. The first-order valence-corrected chi connectivity index (χ1v) is 13.6. The van der Waals surface area contributed by atoms with Crippen LogP contribution in [-0.4, -0.2) is 39.9 Å². The standard InChI is InChI=1S/C30H48O4/c1-18(2)14-20(32)15-19(3)21-10-11-29(7)26-24(33)16-23-22(8-9-25(34)27(23,4)5)30(26,17-31)13-12-28(21,29)6/h14,16-17,19-22,24-26,32-34H,8-13,15H2,1-7H3/t19-,20-,21-,22+,24+,25+,26+,28-,29+,30-/m1/s1. The normalized spacial score (nSPS) is 46.9. The molecule has 0 aromatic rings. The molecule has 0 unspecified atom stereocenters. The number of aliphatic hydroxyl groups is 3. The second-order valence-electron chi connectivity index (χ2n) is 13.7. The Kier molecular flexibility index (Phi) is 6.57. The van der Waals surface area contributed by atoms with Gasteiger partial charge in [0, 0.05) is 16.7 Å². The highest BCUT2D eigenvalue weighted by Gasteiger charge is 2.70. The Morgan fingerprint density at radius 3 is 2.35 bits per heavy atom. The van der Waals surface area contributed by atoms with Crippen molar-refractivity contribution in [3.05, 3.63) is 23.3 Å². The number of rotatable bonds is 5. The molecule has 0 aromatic carbocycles. The minimum absolute atomic E-state index is 0.0182. The lowest BCUT2D eigenvalue weighted by molar-refractivity contribution is -0.183. The van der Waals surface area contributed by atoms with Crippen LogP contribution >= 0.6 is 0 Å². The largest absolute Gasteiger partial charge is 0.392 e. The van der Waals surface area contributed by atoms with E-state index in [1.54, 1.807) is 0 Å². The Labute approximate surface area is 206 Å². The molecule has 10 atom stereocenters. The van der Waals surface area contributed by atoms with Crippen LogP contribution in [-0.2, 0) is 4.79 Å². The molecule has 4 aliphatic rings. The molecule has 0 bridgehead atoms. The fourth-order valence-electron chi connectivity index (χ4n) is 9.55. The Hall–Kier alpha value is -0.970. The molecule has 4 aliphatic carbocycles. The molecular weight excluding hydrogens is 424 g/mol. The molecule has 0 spiro atoms. The summed E-state index contributed by atoms with van der Waals surface area (Å²) in [5.74, 6) is 0.839. The molecule has 0 heterocycles. The zero-order chi connectivity index (χ0) is 25.3. The van der Waals surface area contributed by atoms with Crippen molar-refractivity contribution in [2.24, 2.45) is 45.3 Å². The van der Waals surface area contributed by atoms with Crippen LogP contribution in [0.3, 0.4) is 0 Å². The highest BCUT2D eigenvalue weighted by Crippen LogP contribution is 2.74. The Morgan fingerprint density at radius 2 is 1.74 bits per heavy atom. The van der Waals surface area contributed by atoms with E-state index < -0.39 is 29.1 Å². The van der Waals surface area contributed by atoms with Crippen molar-refractivity contribution in [1.29, 1.82) is 0 Å². The van der Waals surface area contributed by atoms with Crippen LogP contribution in [0.25, 0.3) is 0 Å². The molecule has 192 valence electrons. The van der Waals surface area contributed by atoms with Gasteiger partial charge >= 0.3 is 0 Å². The van der Waals surface area contributed by atoms with Crippen molar-refractivity contribution < 1.29 is 20.1 Å². The average molecular weight is 473 g/mol. The molecule has 4 heteroatoms. The molecule has 0 aliphatic heterocycles. The maximum absolute atomic E-state index is 13.1. The number of hydrogen-bond acceptors (Lipinski definition) is 4. The smallest absolute Gasteiger partial charge is 0.127 e. The predicted molar refractivity (Wildman–Crippen MR) is 136 cm³/mol. The molecule has 4 nitrogen and oxygen atoms in total. The molecule has 0 saturated heterocycles. The highest BCUT2D eigenvalue weighted by molar-refractivity contribution is 5.65. The molecule has 34 heavy (non-hydrogen) atoms. The van der Waals surface area contributed by atoms with Gasteiger partial charge in [0.25, 0.3) is 0 Å². The quantitative estimate of drug-likeness (QED) is 0.367. The molecule has 0 amide bonds. The zero-order valence-corrected chi connectivity index (χ0v) is 22.5. The summed E-state index contributed by atoms with van der Waals surface area (Å²) in [5, 5.41) is 33.0. The molecule has 3 fully saturated rings. The summed E-state index contributed by atoms with van der Waals surface area (Å²) in [7, 11) is 0. The van der Waals surface area contributed by atoms with Gasteiger partial charge in [0.15, 0.2) is 0 Å². The van der Waals surface area contributed by atoms with Gasteiger partial charge in [-0.05, 0) is 87.4 Å². The van der Waals surface area contributed by atoms with Crippen LogP contribution in [0.2, 0.25) is 0 Å². The lowest BCUT2D eigenvalue weighted by Gasteiger charge is -2.66. The van der Waals surface area contributed by atoms with E-state index in [0.29, 0.717) is 18.3 Å². The summed E-state index contributed by atoms with van der Waals surface area (Å²) in [6, 6.07) is 0. The fraction of sp³-hybridized carbons (Fsp3) is 0.833. The van der Waals surface area contributed by atoms with Gasteiger partial charge in [-0.3, -0.25) is 0 Å². The summed E-state index contributed by atoms with van der Waals surface area (Å²) in [4.78, 5) is 13.1. The number of fused-ring (bicyclic) bond motifs is 5. The van der Waals surface area contributed by atoms with Crippen molar-refractivity contribution in [1.82, 2.24) is 0 Å². The van der Waals surface area contributed by atoms with Crippen molar-refractivity contribution in [2.45, 2.75) is 112 Å². The van der Waals surface area contributed by atoms with E-state index >= 15 is 0 Å². The Balaban J connectivity index is 1.72. The van der Waals surface area contributed by atoms with Gasteiger partial charge in [0.1, 0.15) is 6.29 Å². The van der Waals surface area contributed by atoms with E-state index in [9.17, 15) is 20.1 Å². The zero-order valence-electron chi connectivity index (χ0n) is 22.5. The van der Waals surface area contributed by atoms with E-state index in [-0.39, 0.29) is 22.7 Å². The van der Waals surface area contributed by atoms with Gasteiger partial charge < -0.3 is 20.1 Å². The van der Waals surface area contributed by atoms with Crippen LogP contribution in [0.1, 0.15) is 93.4 Å². The summed E-state index contributed by atoms with van der Waals surface area (Å²) in [5.41, 5.74) is 1.14. The third kappa shape index (κ3) is 3.53. The van der Waals surface area contributed by atoms with Gasteiger partial charge in [0.2, 0.25) is 0 Å². The summed E-state index contributed by atoms with van der Waals surface area (Å²) < 4.78 is 0. The van der Waals surface area contributed by atoms with Crippen LogP contribution in [0.4, 0.5) is 0 Å². The Bertz CT molecular complexity index is 869. The second-order valence-corrected chi connectivity index (χ2v) is 13.7. The second kappa shape index (κ2) is 8.56. The van der Waals surface area contributed by atoms with E-state index in [1.807, 2.05) is 26.0 Å². The van der Waals surface area contributed by atoms with Crippen LogP contribution in [0.5, 0.6) is 0 Å². The highest BCUT2D eigenvalue weighted by atomic mass is 16.3. The lowest BCUT2D eigenvalue weighted by Crippen LogP contribution is -2.64. The molecule has 0 radical (unpaired) electrons. The number of carbonyl (C=O) groups excluding carboxylic acids is 1. The maximum Gasteiger partial charge on any atom is 0.127 e. The number of hydrogen-bond donors (Lipinski definition) is 3. The molecule has 4 rings (SSSR count). The minimum Gasteiger partial charge on any atom is -0.392 e. The summed E-state index contributed by atoms with van der Waals surface area (Å²) >= 11 is 0. The summed E-state index contributed by atoms with van der Waals surface area (Å²) in [6.07, 6.45) is 9.84. The average Bonchev–Trinajstić information content (AvgIpc) is 3.01. The number of allylic oxidation sites excluding steroid dienone is 1. The molecule has 3 N–H and O–H groups in total. The number of aldehydes is 1. The van der Waals surface area contributed by atoms with Crippen LogP contribution in [0, 0.1) is 45.3 Å². The topological polar surface area (TPSA) is 77.8 Å². The van der Waals surface area contributed by atoms with Gasteiger partial charge in [0.05, 0.1) is 18.3 Å². The van der Waals surface area contributed by atoms with E-state index in [4.69, 9.17) is 0 Å². The van der Waals surface area contributed by atoms with Crippen molar-refractivity contribution in [3.63, 3.8) is 0 Å². The molecular formula is C30H48O4. The summed E-state index contributed by atoms with van der Waals surface area (Å²) in [6.45, 7) is 15.2. The van der Waals surface area contributed by atoms with E-state index in [2.05, 4.69) is 34.6 Å². The van der Waals surface area contributed by atoms with Crippen LogP contribution < -0.4 is 0 Å². The number of aliphatic hydroxyl groups excluding tert-OH is 3. The van der Waals surface area contributed by atoms with Crippen molar-refractivity contribution >= 4 is 6.29 Å². The van der Waals surface area contributed by atoms with Gasteiger partial charge in [-0.2, -0.15) is 0 Å². The third-order valence-corrected chi connectivity index (χ3v) is 11.5. The first-order valence-electron chi connectivity index (χ1n) is 13.6. The van der Waals surface area contributed by atoms with E-state index in [0.717, 1.165) is 49.7 Å². The molecule has 0 aromatic heterocycles. The van der Waals surface area contributed by atoms with Crippen molar-refractivity contribution in [2.75, 3.05) is 0 Å². The van der Waals surface area contributed by atoms with Crippen molar-refractivity contribution in [3.8, 4) is 0 Å². The lowest BCUT2D eigenvalue weighted by atomic mass is 9.38. The van der Waals surface area contributed by atoms with Gasteiger partial charge in [-0.25, -0.2) is 0 Å². The first kappa shape index (κ1) is 26.1. The van der Waals surface area contributed by atoms with Gasteiger partial charge in [-0.1, -0.05) is 57.9 Å². The SMILES string of the molecule is CC(C)=C[C@@H](O)C[C@@H](C)[C@H]1CC[C@@]2(C)[C@@H]3[C@@H](O)C=C4[C@H](CC[C@H](O)C4(C)C)[C@]3(C=O)CC[C@]12C. The minimum atomic E-state index is -0.670. The third-order valence-electron chi connectivity index (χ3n) is 11.5. The van der Waals surface area contributed by atoms with E-state index in [1.165, 1.54) is 6.29 Å². The fourth-order valence-corrected chi connectivity index (χ4v) is 9.55. The maximum atomic E-state index is 13.1. The van der Waals surface area contributed by atoms with Gasteiger partial charge in [-0.15, -0.1) is 0 Å². The predicted octanol–water partition coefficient (Wildman–Crippen LogP) is 5.46. The monoisotopic (exact) mass is 472 g/mol. The molecule has 3 saturated carbocycles.